The fraction of sp³-hybridized carbons (Fsp3) is 0.0526. The van der Waals surface area contributed by atoms with Gasteiger partial charge >= 0.3 is 6.18 Å². The van der Waals surface area contributed by atoms with Crippen molar-refractivity contribution in [1.82, 2.24) is 19.6 Å². The largest absolute Gasteiger partial charge is 0.416 e. The van der Waals surface area contributed by atoms with Gasteiger partial charge in [-0.15, -0.1) is 0 Å². The third-order valence-electron chi connectivity index (χ3n) is 3.98. The van der Waals surface area contributed by atoms with Crippen molar-refractivity contribution in [2.75, 3.05) is 5.32 Å². The van der Waals surface area contributed by atoms with E-state index in [4.69, 9.17) is 0 Å². The van der Waals surface area contributed by atoms with Crippen LogP contribution in [0.2, 0.25) is 0 Å². The second-order valence-corrected chi connectivity index (χ2v) is 5.88. The Morgan fingerprint density at radius 1 is 0.964 bits per heavy atom. The van der Waals surface area contributed by atoms with Gasteiger partial charge in [0.05, 0.1) is 11.3 Å². The van der Waals surface area contributed by atoms with Crippen molar-refractivity contribution in [1.29, 1.82) is 0 Å². The Labute approximate surface area is 156 Å². The molecule has 1 amide bonds. The van der Waals surface area contributed by atoms with Gasteiger partial charge in [-0.25, -0.2) is 4.98 Å². The molecule has 1 aromatic carbocycles. The van der Waals surface area contributed by atoms with Crippen LogP contribution >= 0.6 is 0 Å². The van der Waals surface area contributed by atoms with E-state index in [-0.39, 0.29) is 5.69 Å². The molecule has 0 bridgehead atoms. The Hall–Kier alpha value is -3.75. The van der Waals surface area contributed by atoms with Crippen molar-refractivity contribution in [2.24, 2.45) is 0 Å². The molecule has 9 heteroatoms. The van der Waals surface area contributed by atoms with Crippen molar-refractivity contribution in [3.05, 3.63) is 78.2 Å². The van der Waals surface area contributed by atoms with Crippen LogP contribution in [-0.2, 0) is 6.18 Å². The maximum atomic E-state index is 13.0. The molecular weight excluding hydrogens is 371 g/mol. The molecule has 0 fully saturated rings. The lowest BCUT2D eigenvalue weighted by molar-refractivity contribution is -0.137. The van der Waals surface area contributed by atoms with E-state index in [2.05, 4.69) is 20.4 Å². The summed E-state index contributed by atoms with van der Waals surface area (Å²) < 4.78 is 40.3. The molecular formula is C19H12F3N5O. The average Bonchev–Trinajstić information content (AvgIpc) is 3.13. The maximum absolute atomic E-state index is 13.0. The normalized spacial score (nSPS) is 11.5. The summed E-state index contributed by atoms with van der Waals surface area (Å²) in [5.41, 5.74) is 0.433. The van der Waals surface area contributed by atoms with Crippen LogP contribution in [0, 0.1) is 0 Å². The number of amides is 1. The van der Waals surface area contributed by atoms with Crippen LogP contribution in [0.4, 0.5) is 19.0 Å². The molecule has 0 saturated heterocycles. The summed E-state index contributed by atoms with van der Waals surface area (Å²) in [7, 11) is 0. The van der Waals surface area contributed by atoms with Crippen molar-refractivity contribution in [3.8, 4) is 11.3 Å². The number of anilines is 1. The third kappa shape index (κ3) is 3.41. The molecule has 0 radical (unpaired) electrons. The molecule has 140 valence electrons. The minimum atomic E-state index is -4.45. The summed E-state index contributed by atoms with van der Waals surface area (Å²) in [6, 6.07) is 12.9. The summed E-state index contributed by atoms with van der Waals surface area (Å²) in [5.74, 6) is -0.122. The predicted molar refractivity (Wildman–Crippen MR) is 95.6 cm³/mol. The lowest BCUT2D eigenvalue weighted by Crippen LogP contribution is -2.16. The second kappa shape index (κ2) is 6.76. The van der Waals surface area contributed by atoms with E-state index in [1.165, 1.54) is 35.1 Å². The number of aromatic nitrogens is 4. The van der Waals surface area contributed by atoms with Crippen LogP contribution in [0.25, 0.3) is 16.9 Å². The average molecular weight is 383 g/mol. The van der Waals surface area contributed by atoms with Crippen molar-refractivity contribution in [3.63, 3.8) is 0 Å². The Morgan fingerprint density at radius 2 is 1.82 bits per heavy atom. The van der Waals surface area contributed by atoms with Gasteiger partial charge in [-0.3, -0.25) is 9.78 Å². The van der Waals surface area contributed by atoms with E-state index in [1.54, 1.807) is 24.3 Å². The molecule has 0 aliphatic heterocycles. The lowest BCUT2D eigenvalue weighted by Gasteiger charge is -2.07. The van der Waals surface area contributed by atoms with E-state index >= 15 is 0 Å². The molecule has 6 nitrogen and oxygen atoms in total. The van der Waals surface area contributed by atoms with E-state index in [0.717, 1.165) is 12.1 Å². The van der Waals surface area contributed by atoms with Crippen LogP contribution in [0.5, 0.6) is 0 Å². The Kier molecular flexibility index (Phi) is 4.26. The van der Waals surface area contributed by atoms with Gasteiger partial charge in [-0.05, 0) is 30.3 Å². The summed E-state index contributed by atoms with van der Waals surface area (Å²) in [6.45, 7) is 0. The van der Waals surface area contributed by atoms with Crippen molar-refractivity contribution in [2.45, 2.75) is 6.18 Å². The highest BCUT2D eigenvalue weighted by atomic mass is 19.4. The number of fused-ring (bicyclic) bond motifs is 1. The van der Waals surface area contributed by atoms with Gasteiger partial charge in [0.25, 0.3) is 5.91 Å². The zero-order chi connectivity index (χ0) is 19.7. The first-order valence-electron chi connectivity index (χ1n) is 8.16. The van der Waals surface area contributed by atoms with Crippen LogP contribution in [0.3, 0.4) is 0 Å². The Morgan fingerprint density at radius 3 is 2.57 bits per heavy atom. The number of halogens is 3. The van der Waals surface area contributed by atoms with Gasteiger partial charge in [0.2, 0.25) is 0 Å². The quantitative estimate of drug-likeness (QED) is 0.579. The number of pyridine rings is 1. The minimum absolute atomic E-state index is 0.220. The molecule has 4 rings (SSSR count). The van der Waals surface area contributed by atoms with Gasteiger partial charge in [0, 0.05) is 24.0 Å². The van der Waals surface area contributed by atoms with Gasteiger partial charge in [0.1, 0.15) is 11.5 Å². The number of carbonyl (C=O) groups is 1. The fourth-order valence-electron chi connectivity index (χ4n) is 2.66. The van der Waals surface area contributed by atoms with Crippen LogP contribution in [-0.4, -0.2) is 25.5 Å². The predicted octanol–water partition coefficient (Wildman–Crippen LogP) is 4.06. The summed E-state index contributed by atoms with van der Waals surface area (Å²) in [5, 5.41) is 6.99. The molecule has 0 aliphatic rings. The topological polar surface area (TPSA) is 72.2 Å². The monoisotopic (exact) mass is 383 g/mol. The number of carbonyl (C=O) groups excluding carboxylic acids is 1. The highest BCUT2D eigenvalue weighted by Gasteiger charge is 2.30. The Bertz CT molecular complexity index is 1160. The smallest absolute Gasteiger partial charge is 0.305 e. The molecule has 28 heavy (non-hydrogen) atoms. The van der Waals surface area contributed by atoms with E-state index in [0.29, 0.717) is 22.7 Å². The van der Waals surface area contributed by atoms with Gasteiger partial charge in [0.15, 0.2) is 5.65 Å². The SMILES string of the molecule is O=C(Nc1ccnc2cc(-c3cccc(C(F)(F)F)c3)nn12)c1ccccn1. The summed E-state index contributed by atoms with van der Waals surface area (Å²) >= 11 is 0. The molecule has 1 N–H and O–H groups in total. The molecule has 0 saturated carbocycles. The van der Waals surface area contributed by atoms with Gasteiger partial charge in [-0.1, -0.05) is 18.2 Å². The third-order valence-corrected chi connectivity index (χ3v) is 3.98. The standard InChI is InChI=1S/C19H12F3N5O/c20-19(21,22)13-5-3-4-12(10-13)15-11-17-24-9-7-16(27(17)26-15)25-18(28)14-6-1-2-8-23-14/h1-11H,(H,25,28). The number of nitrogens with one attached hydrogen (secondary N) is 1. The molecule has 0 spiro atoms. The van der Waals surface area contributed by atoms with E-state index < -0.39 is 17.6 Å². The number of nitrogens with zero attached hydrogens (tertiary/aromatic N) is 4. The molecule has 0 aliphatic carbocycles. The highest BCUT2D eigenvalue weighted by molar-refractivity contribution is 6.02. The number of hydrogen-bond donors (Lipinski definition) is 1. The molecule has 3 heterocycles. The Balaban J connectivity index is 1.71. The van der Waals surface area contributed by atoms with E-state index in [9.17, 15) is 18.0 Å². The van der Waals surface area contributed by atoms with Crippen LogP contribution in [0.1, 0.15) is 16.1 Å². The number of benzene rings is 1. The number of hydrogen-bond acceptors (Lipinski definition) is 4. The first-order valence-corrected chi connectivity index (χ1v) is 8.16. The zero-order valence-electron chi connectivity index (χ0n) is 14.2. The van der Waals surface area contributed by atoms with E-state index in [1.807, 2.05) is 0 Å². The van der Waals surface area contributed by atoms with Crippen molar-refractivity contribution >= 4 is 17.4 Å². The number of alkyl halides is 3. The minimum Gasteiger partial charge on any atom is -0.305 e. The van der Waals surface area contributed by atoms with Gasteiger partial charge < -0.3 is 5.32 Å². The summed E-state index contributed by atoms with van der Waals surface area (Å²) in [4.78, 5) is 20.5. The summed E-state index contributed by atoms with van der Waals surface area (Å²) in [6.07, 6.45) is -1.48. The maximum Gasteiger partial charge on any atom is 0.416 e. The first kappa shape index (κ1) is 17.7. The molecule has 0 unspecified atom stereocenters. The second-order valence-electron chi connectivity index (χ2n) is 5.88. The van der Waals surface area contributed by atoms with Gasteiger partial charge in [-0.2, -0.15) is 22.8 Å². The molecule has 3 aromatic heterocycles. The fourth-order valence-corrected chi connectivity index (χ4v) is 2.66. The lowest BCUT2D eigenvalue weighted by atomic mass is 10.1. The highest BCUT2D eigenvalue weighted by Crippen LogP contribution is 2.32. The van der Waals surface area contributed by atoms with Crippen molar-refractivity contribution < 1.29 is 18.0 Å². The van der Waals surface area contributed by atoms with Crippen LogP contribution < -0.4 is 5.32 Å². The van der Waals surface area contributed by atoms with Crippen LogP contribution in [0.15, 0.2) is 67.0 Å². The molecule has 0 atom stereocenters. The zero-order valence-corrected chi connectivity index (χ0v) is 14.2. The number of rotatable bonds is 3. The first-order chi connectivity index (χ1) is 13.4. The molecule has 4 aromatic rings.